The first-order valence-electron chi connectivity index (χ1n) is 29.0. The number of aliphatic hydroxyl groups excluding tert-OH is 4. The number of nitrogens with two attached hydrogens (primary N) is 2. The van der Waals surface area contributed by atoms with Gasteiger partial charge in [-0.3, -0.25) is 53.1 Å². The van der Waals surface area contributed by atoms with Crippen LogP contribution in [-0.4, -0.2) is 214 Å². The van der Waals surface area contributed by atoms with E-state index in [1.54, 1.807) is 78.3 Å². The van der Waals surface area contributed by atoms with Crippen LogP contribution in [0.1, 0.15) is 81.5 Å². The first-order chi connectivity index (χ1) is 40.5. The van der Waals surface area contributed by atoms with Gasteiger partial charge < -0.3 is 78.1 Å². The van der Waals surface area contributed by atoms with Gasteiger partial charge in [-0.15, -0.1) is 24.8 Å². The van der Waals surface area contributed by atoms with E-state index in [2.05, 4.69) is 41.6 Å². The van der Waals surface area contributed by atoms with E-state index in [9.17, 15) is 79.2 Å². The van der Waals surface area contributed by atoms with Gasteiger partial charge in [0.25, 0.3) is 11.8 Å². The summed E-state index contributed by atoms with van der Waals surface area (Å²) in [7, 11) is 13.3. The normalized spacial score (nSPS) is 28.1. The molecule has 89 heavy (non-hydrogen) atoms. The van der Waals surface area contributed by atoms with Crippen molar-refractivity contribution in [2.45, 2.75) is 108 Å². The number of amides is 4. The smallest absolute Gasteiger partial charge is 0.255 e. The van der Waals surface area contributed by atoms with Crippen molar-refractivity contribution in [2.24, 2.45) is 40.6 Å². The summed E-state index contributed by atoms with van der Waals surface area (Å²) < 4.78 is 0. The summed E-state index contributed by atoms with van der Waals surface area (Å²) in [5.41, 5.74) is 5.19. The SMILES string of the molecule is CN(C)c1cc(NC(=O)[C@@H]2CCCN2)c(O)c2c1C[C@H]1C[C@H]3[C@H](N(C)C)C(=O)C(C(N)=O)=C(O)[C@@]3(O)C(=O)C1=C2O.CN(C)c1cc(NC(=O)[C@@H]2CCCN2CC(C)(C)C)c(O)c2c1C[C@H]1C[C@H]3[C@H](N(C)C)C(=O)C(C(N)=O)=C(O)[C@@]3(O)C(=O)C1=C2O.Cl.Cl. The van der Waals surface area contributed by atoms with Gasteiger partial charge in [0, 0.05) is 69.1 Å². The summed E-state index contributed by atoms with van der Waals surface area (Å²) in [6, 6.07) is 0.0627. The maximum absolute atomic E-state index is 14.2. The quantitative estimate of drug-likeness (QED) is 0.113. The first kappa shape index (κ1) is 69.2. The number of nitrogens with zero attached hydrogens (tertiary/aromatic N) is 5. The second kappa shape index (κ2) is 24.8. The lowest BCUT2D eigenvalue weighted by Gasteiger charge is -2.50. The Labute approximate surface area is 527 Å². The van der Waals surface area contributed by atoms with Crippen LogP contribution in [0.15, 0.2) is 45.9 Å². The molecule has 4 fully saturated rings. The second-order valence-electron chi connectivity index (χ2n) is 26.3. The van der Waals surface area contributed by atoms with Crippen LogP contribution >= 0.6 is 24.8 Å². The number of carbonyl (C=O) groups is 8. The molecule has 2 aliphatic heterocycles. The van der Waals surface area contributed by atoms with Crippen molar-refractivity contribution < 1.29 is 79.2 Å². The van der Waals surface area contributed by atoms with Crippen LogP contribution < -0.4 is 37.2 Å². The van der Waals surface area contributed by atoms with Gasteiger partial charge in [0.15, 0.2) is 22.8 Å². The molecule has 2 heterocycles. The van der Waals surface area contributed by atoms with E-state index in [4.69, 9.17) is 11.5 Å². The molecule has 2 saturated heterocycles. The van der Waals surface area contributed by atoms with Gasteiger partial charge in [-0.2, -0.15) is 0 Å². The van der Waals surface area contributed by atoms with Gasteiger partial charge in [-0.1, -0.05) is 20.8 Å². The fraction of sp³-hybridized carbons (Fsp3) is 0.541. The molecule has 0 radical (unpaired) electrons. The van der Waals surface area contributed by atoms with Gasteiger partial charge in [-0.05, 0) is 133 Å². The molecule has 10 atom stereocenters. The summed E-state index contributed by atoms with van der Waals surface area (Å²) in [6.07, 6.45) is 3.24. The molecule has 6 aliphatic carbocycles. The molecule has 28 heteroatoms. The predicted octanol–water partition coefficient (Wildman–Crippen LogP) is 2.04. The number of nitrogens with one attached hydrogen (secondary N) is 3. The van der Waals surface area contributed by atoms with Crippen LogP contribution in [-0.2, 0) is 51.2 Å². The van der Waals surface area contributed by atoms with Crippen molar-refractivity contribution in [3.8, 4) is 11.5 Å². The molecule has 10 rings (SSSR count). The molecular weight excluding hydrogens is 1200 g/mol. The van der Waals surface area contributed by atoms with E-state index in [1.165, 1.54) is 9.80 Å². The number of phenols is 2. The fourth-order valence-electron chi connectivity index (χ4n) is 14.8. The fourth-order valence-corrected chi connectivity index (χ4v) is 14.8. The number of primary amides is 2. The summed E-state index contributed by atoms with van der Waals surface area (Å²) in [4.78, 5) is 114. The van der Waals surface area contributed by atoms with Crippen LogP contribution in [0.25, 0.3) is 11.5 Å². The average Bonchev–Trinajstić information content (AvgIpc) is 1.19. The molecule has 0 unspecified atom stereocenters. The van der Waals surface area contributed by atoms with Crippen LogP contribution in [0.2, 0.25) is 0 Å². The molecule has 4 amide bonds. The Morgan fingerprint density at radius 2 is 1.04 bits per heavy atom. The van der Waals surface area contributed by atoms with Gasteiger partial charge in [0.2, 0.25) is 23.4 Å². The number of likely N-dealkylation sites (tertiary alicyclic amines) is 1. The highest BCUT2D eigenvalue weighted by atomic mass is 35.5. The van der Waals surface area contributed by atoms with Gasteiger partial charge in [-0.25, -0.2) is 0 Å². The highest BCUT2D eigenvalue weighted by Crippen LogP contribution is 2.57. The molecule has 486 valence electrons. The predicted molar refractivity (Wildman–Crippen MR) is 334 cm³/mol. The van der Waals surface area contributed by atoms with Crippen molar-refractivity contribution in [1.29, 1.82) is 0 Å². The van der Waals surface area contributed by atoms with Crippen LogP contribution in [0, 0.1) is 29.1 Å². The van der Waals surface area contributed by atoms with E-state index in [1.807, 2.05) is 0 Å². The van der Waals surface area contributed by atoms with Crippen LogP contribution in [0.5, 0.6) is 11.5 Å². The lowest BCUT2D eigenvalue weighted by Crippen LogP contribution is -2.65. The molecule has 2 aromatic rings. The number of carbonyl (C=O) groups excluding carboxylic acids is 8. The number of halogens is 2. The Morgan fingerprint density at radius 3 is 1.39 bits per heavy atom. The van der Waals surface area contributed by atoms with E-state index >= 15 is 0 Å². The minimum absolute atomic E-state index is 0. The number of benzene rings is 2. The molecule has 2 aromatic carbocycles. The van der Waals surface area contributed by atoms with E-state index in [-0.39, 0.29) is 101 Å². The van der Waals surface area contributed by atoms with Crippen molar-refractivity contribution in [3.05, 3.63) is 68.2 Å². The standard InChI is InChI=1S/C33H45N5O8.C28H35N5O8.2ClH/c1-32(2,3)14-38-10-8-9-19(38)31(45)35-18-13-20(36(4)5)16-11-15-12-17-24(37(6)7)27(41)23(30(34)44)29(43)33(17,46)28(42)21(15)26(40)22(16)25(18)39;1-32(2)16-10-15(31-27(40)14-6-5-7-30-14)21(34)18-12(16)8-11-9-13-20(33(3)4)23(36)19(26(29)39)25(38)28(13,41)24(37)17(11)22(18)35;;/h13,15,17,19,24,39-40,43,46H,8-12,14H2,1-7H3,(H2,34,44)(H,35,45);10-11,13-14,20,30,34-35,38,41H,5-9H2,1-4H3,(H2,29,39)(H,31,40);2*1H/t15-,17-,19-,24-,33-;11-,13-,14-,20-,28-;;/m00../s1. The molecule has 2 saturated carbocycles. The highest BCUT2D eigenvalue weighted by Gasteiger charge is 2.66. The summed E-state index contributed by atoms with van der Waals surface area (Å²) >= 11 is 0. The third-order valence-corrected chi connectivity index (χ3v) is 18.6. The highest BCUT2D eigenvalue weighted by molar-refractivity contribution is 6.26. The summed E-state index contributed by atoms with van der Waals surface area (Å²) in [5.74, 6) is -15.1. The molecular formula is C61H82Cl2N10O16. The van der Waals surface area contributed by atoms with Crippen LogP contribution in [0.3, 0.4) is 0 Å². The number of hydrogen-bond donors (Lipinski definition) is 13. The number of ketones is 4. The van der Waals surface area contributed by atoms with Crippen molar-refractivity contribution >= 4 is 106 Å². The number of rotatable bonds is 11. The second-order valence-corrected chi connectivity index (χ2v) is 26.3. The van der Waals surface area contributed by atoms with Gasteiger partial charge in [0.1, 0.15) is 45.7 Å². The molecule has 8 aliphatic rings. The summed E-state index contributed by atoms with van der Waals surface area (Å²) in [5, 5.41) is 100. The third-order valence-electron chi connectivity index (χ3n) is 18.6. The topological polar surface area (TPSA) is 403 Å². The number of aromatic hydroxyl groups is 2. The average molecular weight is 1280 g/mol. The molecule has 26 nitrogen and oxygen atoms in total. The Balaban J connectivity index is 0.000000249. The summed E-state index contributed by atoms with van der Waals surface area (Å²) in [6.45, 7) is 8.48. The zero-order valence-corrected chi connectivity index (χ0v) is 53.2. The number of Topliss-reactive ketones (excluding diaryl/α,β-unsaturated/α-hetero) is 4. The Kier molecular flexibility index (Phi) is 19.3. The van der Waals surface area contributed by atoms with Crippen molar-refractivity contribution in [1.82, 2.24) is 20.0 Å². The monoisotopic (exact) mass is 1280 g/mol. The maximum Gasteiger partial charge on any atom is 0.255 e. The number of phenolic OH excluding ortho intramolecular Hbond substituents is 2. The number of hydrogen-bond acceptors (Lipinski definition) is 22. The zero-order chi connectivity index (χ0) is 64.3. The maximum atomic E-state index is 14.2. The van der Waals surface area contributed by atoms with Crippen molar-refractivity contribution in [2.75, 3.05) is 96.4 Å². The van der Waals surface area contributed by atoms with Crippen LogP contribution in [0.4, 0.5) is 22.7 Å². The Morgan fingerprint density at radius 1 is 0.640 bits per heavy atom. The first-order valence-corrected chi connectivity index (χ1v) is 29.0. The molecule has 0 bridgehead atoms. The number of anilines is 4. The molecule has 0 spiro atoms. The largest absolute Gasteiger partial charge is 0.508 e. The van der Waals surface area contributed by atoms with E-state index < -0.39 is 140 Å². The number of likely N-dealkylation sites (N-methyl/N-ethyl adjacent to an activating group) is 2. The van der Waals surface area contributed by atoms with E-state index in [0.717, 1.165) is 19.4 Å². The minimum Gasteiger partial charge on any atom is -0.508 e. The zero-order valence-electron chi connectivity index (χ0n) is 51.6. The number of fused-ring (bicyclic) bond motifs is 6. The lowest BCUT2D eigenvalue weighted by atomic mass is 9.57. The van der Waals surface area contributed by atoms with Crippen molar-refractivity contribution in [3.63, 3.8) is 0 Å². The van der Waals surface area contributed by atoms with Gasteiger partial charge >= 0.3 is 0 Å². The minimum atomic E-state index is -2.73. The Bertz CT molecular complexity index is 3490. The molecule has 0 aromatic heterocycles. The molecule has 15 N–H and O–H groups in total. The number of aliphatic hydroxyl groups is 6. The lowest BCUT2D eigenvalue weighted by molar-refractivity contribution is -0.155. The van der Waals surface area contributed by atoms with E-state index in [0.29, 0.717) is 48.4 Å². The van der Waals surface area contributed by atoms with Gasteiger partial charge in [0.05, 0.1) is 46.7 Å². The third kappa shape index (κ3) is 11.3. The Hall–Kier alpha value is -7.30.